The molecule has 2 aliphatic rings. The highest BCUT2D eigenvalue weighted by Crippen LogP contribution is 2.58. The van der Waals surface area contributed by atoms with E-state index in [0.29, 0.717) is 17.3 Å². The van der Waals surface area contributed by atoms with Crippen molar-refractivity contribution in [3.8, 4) is 0 Å². The van der Waals surface area contributed by atoms with Gasteiger partial charge in [-0.1, -0.05) is 39.3 Å². The average Bonchev–Trinajstić information content (AvgIpc) is 3.19. The molecule has 1 aromatic heterocycles. The summed E-state index contributed by atoms with van der Waals surface area (Å²) in [7, 11) is -4.67. The highest BCUT2D eigenvalue weighted by atomic mass is 32.3. The lowest BCUT2D eigenvalue weighted by Gasteiger charge is -2.53. The Hall–Kier alpha value is -1.11. The van der Waals surface area contributed by atoms with Gasteiger partial charge in [-0.05, 0) is 98.0 Å². The molecule has 176 valence electrons. The molecule has 0 bridgehead atoms. The van der Waals surface area contributed by atoms with Gasteiger partial charge in [0.05, 0.1) is 19.1 Å². The van der Waals surface area contributed by atoms with E-state index in [9.17, 15) is 13.0 Å². The molecule has 0 radical (unpaired) electrons. The van der Waals surface area contributed by atoms with Crippen LogP contribution in [0, 0.1) is 28.6 Å². The average molecular weight is 452 g/mol. The summed E-state index contributed by atoms with van der Waals surface area (Å²) < 4.78 is 43.1. The summed E-state index contributed by atoms with van der Waals surface area (Å²) in [6, 6.07) is 1.95. The summed E-state index contributed by atoms with van der Waals surface area (Å²) in [6.07, 6.45) is 15.3. The lowest BCUT2D eigenvalue weighted by Crippen LogP contribution is -2.43. The zero-order valence-electron chi connectivity index (χ0n) is 19.6. The van der Waals surface area contributed by atoms with E-state index in [1.165, 1.54) is 19.3 Å². The maximum Gasteiger partial charge on any atom is 0.217 e. The Morgan fingerprint density at radius 1 is 1.26 bits per heavy atom. The van der Waals surface area contributed by atoms with Gasteiger partial charge in [0, 0.05) is 0 Å². The van der Waals surface area contributed by atoms with Crippen LogP contribution in [0.2, 0.25) is 0 Å². The summed E-state index contributed by atoms with van der Waals surface area (Å²) in [5.41, 5.74) is 3.23. The summed E-state index contributed by atoms with van der Waals surface area (Å²) >= 11 is 0. The van der Waals surface area contributed by atoms with E-state index < -0.39 is 10.4 Å². The molecule has 0 amide bonds. The van der Waals surface area contributed by atoms with Gasteiger partial charge in [0.2, 0.25) is 10.4 Å². The number of aryl methyl sites for hydroxylation is 1. The smallest absolute Gasteiger partial charge is 0.217 e. The summed E-state index contributed by atoms with van der Waals surface area (Å²) in [4.78, 5) is 0. The van der Waals surface area contributed by atoms with Gasteiger partial charge in [0.15, 0.2) is 0 Å². The van der Waals surface area contributed by atoms with Crippen LogP contribution in [-0.4, -0.2) is 19.6 Å². The largest absolute Gasteiger partial charge is 0.726 e. The molecule has 1 fully saturated rings. The third kappa shape index (κ3) is 6.23. The Balaban J connectivity index is 1.67. The maximum atomic E-state index is 11.1. The molecule has 6 heteroatoms. The van der Waals surface area contributed by atoms with Crippen LogP contribution in [0.5, 0.6) is 0 Å². The van der Waals surface area contributed by atoms with Crippen molar-refractivity contribution in [3.05, 3.63) is 35.8 Å². The Morgan fingerprint density at radius 2 is 2.03 bits per heavy atom. The molecule has 3 rings (SSSR count). The molecule has 1 unspecified atom stereocenters. The van der Waals surface area contributed by atoms with Crippen molar-refractivity contribution in [3.63, 3.8) is 0 Å². The van der Waals surface area contributed by atoms with E-state index in [1.54, 1.807) is 18.1 Å². The molecule has 5 nitrogen and oxygen atoms in total. The number of fused-ring (bicyclic) bond motifs is 1. The van der Waals surface area contributed by atoms with Crippen LogP contribution < -0.4 is 0 Å². The topological polar surface area (TPSA) is 79.6 Å². The van der Waals surface area contributed by atoms with E-state index in [2.05, 4.69) is 33.8 Å². The molecule has 0 aromatic carbocycles. The fraction of sp³-hybridized carbons (Fsp3) is 0.760. The van der Waals surface area contributed by atoms with E-state index in [-0.39, 0.29) is 17.9 Å². The summed E-state index contributed by atoms with van der Waals surface area (Å²) in [6.45, 7) is 9.57. The third-order valence-electron chi connectivity index (χ3n) is 8.29. The van der Waals surface area contributed by atoms with Gasteiger partial charge in [-0.15, -0.1) is 0 Å². The Morgan fingerprint density at radius 3 is 2.71 bits per heavy atom. The Labute approximate surface area is 188 Å². The predicted octanol–water partition coefficient (Wildman–Crippen LogP) is 6.27. The number of furan rings is 1. The Kier molecular flexibility index (Phi) is 7.75. The predicted molar refractivity (Wildman–Crippen MR) is 121 cm³/mol. The van der Waals surface area contributed by atoms with Crippen LogP contribution in [0.1, 0.15) is 84.6 Å². The van der Waals surface area contributed by atoms with Crippen molar-refractivity contribution in [2.24, 2.45) is 28.6 Å². The lowest BCUT2D eigenvalue weighted by atomic mass is 9.52. The first kappa shape index (κ1) is 24.5. The quantitative estimate of drug-likeness (QED) is 0.238. The molecule has 0 aliphatic heterocycles. The normalized spacial score (nSPS) is 29.3. The summed E-state index contributed by atoms with van der Waals surface area (Å²) in [5, 5.41) is 0. The van der Waals surface area contributed by atoms with E-state index in [0.717, 1.165) is 44.1 Å². The van der Waals surface area contributed by atoms with E-state index >= 15 is 0 Å². The van der Waals surface area contributed by atoms with Crippen LogP contribution in [0.15, 0.2) is 34.7 Å². The van der Waals surface area contributed by atoms with Crippen LogP contribution in [0.25, 0.3) is 0 Å². The fourth-order valence-electron chi connectivity index (χ4n) is 5.95. The monoisotopic (exact) mass is 451 g/mol. The second kappa shape index (κ2) is 9.80. The second-order valence-electron chi connectivity index (χ2n) is 10.8. The number of hydrogen-bond donors (Lipinski definition) is 0. The van der Waals surface area contributed by atoms with Gasteiger partial charge in [-0.2, -0.15) is 0 Å². The molecule has 0 N–H and O–H groups in total. The van der Waals surface area contributed by atoms with Crippen LogP contribution in [0.3, 0.4) is 0 Å². The molecular weight excluding hydrogens is 412 g/mol. The number of rotatable bonds is 10. The van der Waals surface area contributed by atoms with Crippen molar-refractivity contribution in [2.45, 2.75) is 85.5 Å². The molecule has 1 heterocycles. The first-order valence-corrected chi connectivity index (χ1v) is 13.2. The van der Waals surface area contributed by atoms with Crippen molar-refractivity contribution in [1.29, 1.82) is 0 Å². The molecule has 2 aliphatic carbocycles. The van der Waals surface area contributed by atoms with Gasteiger partial charge < -0.3 is 8.97 Å². The second-order valence-corrected chi connectivity index (χ2v) is 11.8. The SMILES string of the molecule is C[C@@H]1CC[C@H]2C(=CCCC2(C)C)[C@@]1(C)CCC(CCCc1ccoc1)COS(=O)(=O)[O-]. The third-order valence-corrected chi connectivity index (χ3v) is 8.71. The minimum Gasteiger partial charge on any atom is -0.726 e. The Bertz CT molecular complexity index is 839. The molecule has 0 spiro atoms. The molecule has 31 heavy (non-hydrogen) atoms. The van der Waals surface area contributed by atoms with Gasteiger partial charge in [0.1, 0.15) is 0 Å². The summed E-state index contributed by atoms with van der Waals surface area (Å²) in [5.74, 6) is 1.29. The highest BCUT2D eigenvalue weighted by molar-refractivity contribution is 7.80. The molecule has 4 atom stereocenters. The van der Waals surface area contributed by atoms with Crippen molar-refractivity contribution >= 4 is 10.4 Å². The first-order chi connectivity index (χ1) is 14.5. The molecule has 0 saturated heterocycles. The zero-order chi connectivity index (χ0) is 22.7. The maximum absolute atomic E-state index is 11.1. The van der Waals surface area contributed by atoms with Crippen molar-refractivity contribution in [2.75, 3.05) is 6.61 Å². The van der Waals surface area contributed by atoms with E-state index in [4.69, 9.17) is 8.60 Å². The van der Waals surface area contributed by atoms with Crippen molar-refractivity contribution < 1.29 is 21.6 Å². The highest BCUT2D eigenvalue weighted by Gasteiger charge is 2.47. The van der Waals surface area contributed by atoms with Crippen LogP contribution >= 0.6 is 0 Å². The van der Waals surface area contributed by atoms with Gasteiger partial charge in [0.25, 0.3) is 0 Å². The minimum atomic E-state index is -4.67. The molecule has 1 aromatic rings. The fourth-order valence-corrected chi connectivity index (χ4v) is 6.31. The first-order valence-electron chi connectivity index (χ1n) is 11.8. The molecular formula is C25H39O5S-. The van der Waals surface area contributed by atoms with Crippen LogP contribution in [0.4, 0.5) is 0 Å². The minimum absolute atomic E-state index is 0.0182. The lowest BCUT2D eigenvalue weighted by molar-refractivity contribution is 0.0727. The van der Waals surface area contributed by atoms with Crippen molar-refractivity contribution in [1.82, 2.24) is 0 Å². The molecule has 1 saturated carbocycles. The van der Waals surface area contributed by atoms with Crippen LogP contribution in [-0.2, 0) is 21.0 Å². The zero-order valence-corrected chi connectivity index (χ0v) is 20.4. The van der Waals surface area contributed by atoms with Gasteiger partial charge >= 0.3 is 0 Å². The van der Waals surface area contributed by atoms with E-state index in [1.807, 2.05) is 6.07 Å². The number of allylic oxidation sites excluding steroid dienone is 2. The standard InChI is InChI=1S/C25H40O5S/c1-19-10-11-22-23(9-6-14-24(22,2)3)25(19,4)15-12-20(18-30-31(26,27)28)7-5-8-21-13-16-29-17-21/h9,13,16-17,19-20,22H,5-8,10-12,14-15,18H2,1-4H3,(H,26,27,28)/p-1/t19-,20?,22+,25+/m1/s1. The van der Waals surface area contributed by atoms with Gasteiger partial charge in [-0.25, -0.2) is 8.42 Å². The number of hydrogen-bond acceptors (Lipinski definition) is 5. The van der Waals surface area contributed by atoms with Gasteiger partial charge in [-0.3, -0.25) is 4.18 Å².